The van der Waals surface area contributed by atoms with Gasteiger partial charge in [0.1, 0.15) is 0 Å². The summed E-state index contributed by atoms with van der Waals surface area (Å²) in [7, 11) is 0. The number of aliphatic hydroxyl groups is 1. The molecule has 1 rings (SSSR count). The first-order valence-corrected chi connectivity index (χ1v) is 6.11. The Bertz CT molecular complexity index is 238. The van der Waals surface area contributed by atoms with Crippen LogP contribution < -0.4 is 0 Å². The summed E-state index contributed by atoms with van der Waals surface area (Å²) in [6.45, 7) is 6.72. The van der Waals surface area contributed by atoms with Gasteiger partial charge in [0.25, 0.3) is 0 Å². The van der Waals surface area contributed by atoms with Gasteiger partial charge in [-0.25, -0.2) is 0 Å². The first kappa shape index (κ1) is 12.5. The zero-order valence-corrected chi connectivity index (χ0v) is 10.2. The lowest BCUT2D eigenvalue weighted by atomic mass is 9.88. The van der Waals surface area contributed by atoms with Gasteiger partial charge in [-0.2, -0.15) is 0 Å². The van der Waals surface area contributed by atoms with Crippen LogP contribution in [0.5, 0.6) is 0 Å². The average Bonchev–Trinajstić information content (AvgIpc) is 2.16. The molecule has 0 aromatic heterocycles. The Morgan fingerprint density at radius 2 is 2.00 bits per heavy atom. The van der Waals surface area contributed by atoms with Crippen molar-refractivity contribution in [3.63, 3.8) is 0 Å². The number of hydrogen-bond acceptors (Lipinski definition) is 1. The summed E-state index contributed by atoms with van der Waals surface area (Å²) < 4.78 is 0. The van der Waals surface area contributed by atoms with E-state index in [2.05, 4.69) is 32.9 Å². The second-order valence-electron chi connectivity index (χ2n) is 5.03. The minimum Gasteiger partial charge on any atom is -0.389 e. The second kappa shape index (κ2) is 6.12. The Hall–Kier alpha value is -0.560. The zero-order valence-electron chi connectivity index (χ0n) is 10.2. The summed E-state index contributed by atoms with van der Waals surface area (Å²) >= 11 is 0. The molecule has 1 nitrogen and oxygen atoms in total. The molecule has 0 heterocycles. The van der Waals surface area contributed by atoms with E-state index in [0.29, 0.717) is 11.8 Å². The molecular weight excluding hydrogens is 184 g/mol. The minimum absolute atomic E-state index is 0.256. The molecule has 0 bridgehead atoms. The van der Waals surface area contributed by atoms with Crippen LogP contribution in [0.1, 0.15) is 46.5 Å². The maximum absolute atomic E-state index is 9.70. The molecule has 0 aromatic rings. The van der Waals surface area contributed by atoms with Gasteiger partial charge in [-0.05, 0) is 44.4 Å². The molecule has 2 atom stereocenters. The lowest BCUT2D eigenvalue weighted by Crippen LogP contribution is -2.09. The molecule has 86 valence electrons. The lowest BCUT2D eigenvalue weighted by Gasteiger charge is -2.19. The van der Waals surface area contributed by atoms with Gasteiger partial charge in [-0.15, -0.1) is 0 Å². The second-order valence-corrected chi connectivity index (χ2v) is 5.03. The van der Waals surface area contributed by atoms with Crippen molar-refractivity contribution in [3.8, 4) is 0 Å². The third kappa shape index (κ3) is 4.65. The zero-order chi connectivity index (χ0) is 11.3. The predicted octanol–water partition coefficient (Wildman–Crippen LogP) is 3.70. The van der Waals surface area contributed by atoms with Crippen LogP contribution in [-0.4, -0.2) is 11.2 Å². The molecule has 0 spiro atoms. The van der Waals surface area contributed by atoms with E-state index < -0.39 is 0 Å². The molecule has 0 aliphatic heterocycles. The van der Waals surface area contributed by atoms with E-state index in [9.17, 15) is 5.11 Å². The monoisotopic (exact) mass is 208 g/mol. The van der Waals surface area contributed by atoms with Crippen LogP contribution in [-0.2, 0) is 0 Å². The van der Waals surface area contributed by atoms with Crippen molar-refractivity contribution in [2.45, 2.75) is 52.6 Å². The van der Waals surface area contributed by atoms with Gasteiger partial charge in [0.05, 0.1) is 6.10 Å². The minimum atomic E-state index is -0.256. The molecule has 15 heavy (non-hydrogen) atoms. The molecule has 1 aliphatic carbocycles. The summed E-state index contributed by atoms with van der Waals surface area (Å²) in [5.74, 6) is 1.28. The first-order chi connectivity index (χ1) is 7.09. The molecule has 1 heteroatoms. The fourth-order valence-corrected chi connectivity index (χ4v) is 2.02. The van der Waals surface area contributed by atoms with Crippen molar-refractivity contribution >= 4 is 0 Å². The van der Waals surface area contributed by atoms with Crippen molar-refractivity contribution in [3.05, 3.63) is 23.8 Å². The predicted molar refractivity (Wildman–Crippen MR) is 65.7 cm³/mol. The SMILES string of the molecule is CC1=CCC[C@@H](O)C=C[C@H](C(C)C)CC1. The van der Waals surface area contributed by atoms with E-state index in [0.717, 1.165) is 12.8 Å². The smallest absolute Gasteiger partial charge is 0.0724 e. The summed E-state index contributed by atoms with van der Waals surface area (Å²) in [6, 6.07) is 0. The molecule has 0 fully saturated rings. The Balaban J connectivity index is 2.66. The van der Waals surface area contributed by atoms with Crippen molar-refractivity contribution in [1.29, 1.82) is 0 Å². The van der Waals surface area contributed by atoms with Crippen LogP contribution >= 0.6 is 0 Å². The maximum atomic E-state index is 9.70. The summed E-state index contributed by atoms with van der Waals surface area (Å²) in [5.41, 5.74) is 1.48. The molecular formula is C14H24O. The average molecular weight is 208 g/mol. The normalized spacial score (nSPS) is 29.0. The number of rotatable bonds is 1. The number of aliphatic hydroxyl groups excluding tert-OH is 1. The first-order valence-electron chi connectivity index (χ1n) is 6.11. The van der Waals surface area contributed by atoms with E-state index in [1.807, 2.05) is 6.08 Å². The van der Waals surface area contributed by atoms with Crippen LogP contribution in [0, 0.1) is 11.8 Å². The van der Waals surface area contributed by atoms with E-state index >= 15 is 0 Å². The van der Waals surface area contributed by atoms with E-state index in [1.165, 1.54) is 18.4 Å². The van der Waals surface area contributed by atoms with Crippen LogP contribution in [0.2, 0.25) is 0 Å². The van der Waals surface area contributed by atoms with Gasteiger partial charge < -0.3 is 5.11 Å². The molecule has 0 saturated heterocycles. The van der Waals surface area contributed by atoms with Crippen molar-refractivity contribution in [2.75, 3.05) is 0 Å². The Labute approximate surface area is 93.9 Å². The van der Waals surface area contributed by atoms with E-state index in [4.69, 9.17) is 0 Å². The highest BCUT2D eigenvalue weighted by atomic mass is 16.3. The van der Waals surface area contributed by atoms with Crippen LogP contribution in [0.3, 0.4) is 0 Å². The van der Waals surface area contributed by atoms with Gasteiger partial charge in [-0.3, -0.25) is 0 Å². The highest BCUT2D eigenvalue weighted by molar-refractivity contribution is 5.03. The molecule has 0 aromatic carbocycles. The lowest BCUT2D eigenvalue weighted by molar-refractivity contribution is 0.212. The van der Waals surface area contributed by atoms with Crippen molar-refractivity contribution < 1.29 is 5.11 Å². The van der Waals surface area contributed by atoms with Gasteiger partial charge in [0.15, 0.2) is 0 Å². The molecule has 0 amide bonds. The summed E-state index contributed by atoms with van der Waals surface area (Å²) in [4.78, 5) is 0. The highest BCUT2D eigenvalue weighted by Crippen LogP contribution is 2.23. The Morgan fingerprint density at radius 1 is 1.27 bits per heavy atom. The topological polar surface area (TPSA) is 20.2 Å². The molecule has 0 saturated carbocycles. The number of hydrogen-bond donors (Lipinski definition) is 1. The van der Waals surface area contributed by atoms with Gasteiger partial charge >= 0.3 is 0 Å². The molecule has 0 radical (unpaired) electrons. The third-order valence-corrected chi connectivity index (χ3v) is 3.26. The summed E-state index contributed by atoms with van der Waals surface area (Å²) in [6.07, 6.45) is 10.5. The molecule has 1 aliphatic rings. The number of allylic oxidation sites excluding steroid dienone is 3. The van der Waals surface area contributed by atoms with Crippen LogP contribution in [0.4, 0.5) is 0 Å². The van der Waals surface area contributed by atoms with Crippen LogP contribution in [0.15, 0.2) is 23.8 Å². The van der Waals surface area contributed by atoms with Gasteiger partial charge in [0, 0.05) is 0 Å². The Morgan fingerprint density at radius 3 is 2.67 bits per heavy atom. The third-order valence-electron chi connectivity index (χ3n) is 3.26. The quantitative estimate of drug-likeness (QED) is 0.651. The van der Waals surface area contributed by atoms with Gasteiger partial charge in [-0.1, -0.05) is 37.6 Å². The van der Waals surface area contributed by atoms with Crippen LogP contribution in [0.25, 0.3) is 0 Å². The maximum Gasteiger partial charge on any atom is 0.0724 e. The molecule has 0 unspecified atom stereocenters. The van der Waals surface area contributed by atoms with Crippen molar-refractivity contribution in [2.24, 2.45) is 11.8 Å². The largest absolute Gasteiger partial charge is 0.389 e. The van der Waals surface area contributed by atoms with Gasteiger partial charge in [0.2, 0.25) is 0 Å². The van der Waals surface area contributed by atoms with E-state index in [1.54, 1.807) is 0 Å². The fraction of sp³-hybridized carbons (Fsp3) is 0.714. The van der Waals surface area contributed by atoms with E-state index in [-0.39, 0.29) is 6.10 Å². The summed E-state index contributed by atoms with van der Waals surface area (Å²) in [5, 5.41) is 9.70. The standard InChI is InChI=1S/C14H24O/c1-11(2)13-8-7-12(3)5-4-6-14(15)10-9-13/h5,9-11,13-15H,4,6-8H2,1-3H3/t13-,14-/m1/s1. The Kier molecular flexibility index (Phi) is 5.10. The highest BCUT2D eigenvalue weighted by Gasteiger charge is 2.11. The fourth-order valence-electron chi connectivity index (χ4n) is 2.02. The molecule has 1 N–H and O–H groups in total. The van der Waals surface area contributed by atoms with Crippen molar-refractivity contribution in [1.82, 2.24) is 0 Å².